The Bertz CT molecular complexity index is 263. The number of carbonyl (C=O) groups excluding carboxylic acids is 1. The number of hydrogen-bond acceptors (Lipinski definition) is 2. The minimum Gasteiger partial charge on any atom is -0.481 e. The number of hydrogen-bond donors (Lipinski definition) is 1. The number of nitrogens with zero attached hydrogens (tertiary/aromatic N) is 1. The minimum absolute atomic E-state index is 0.114. The van der Waals surface area contributed by atoms with Crippen LogP contribution in [0.4, 0.5) is 0 Å². The average Bonchev–Trinajstić information content (AvgIpc) is 2.61. The second-order valence-electron chi connectivity index (χ2n) is 3.92. The Morgan fingerprint density at radius 1 is 1.53 bits per heavy atom. The van der Waals surface area contributed by atoms with Crippen LogP contribution in [0, 0.1) is 5.92 Å². The second-order valence-corrected chi connectivity index (χ2v) is 3.92. The van der Waals surface area contributed by atoms with Crippen LogP contribution < -0.4 is 0 Å². The predicted octanol–water partition coefficient (Wildman–Crippen LogP) is 1.28. The Morgan fingerprint density at radius 2 is 2.27 bits per heavy atom. The van der Waals surface area contributed by atoms with Crippen LogP contribution in [0.25, 0.3) is 0 Å². The number of aliphatic carboxylic acids is 1. The summed E-state index contributed by atoms with van der Waals surface area (Å²) in [6.07, 6.45) is 3.89. The number of rotatable bonds is 5. The lowest BCUT2D eigenvalue weighted by Gasteiger charge is -2.15. The lowest BCUT2D eigenvalue weighted by atomic mass is 10.1. The normalized spacial score (nSPS) is 20.3. The lowest BCUT2D eigenvalue weighted by Crippen LogP contribution is -2.28. The Balaban J connectivity index is 2.31. The van der Waals surface area contributed by atoms with E-state index in [1.807, 2.05) is 0 Å². The summed E-state index contributed by atoms with van der Waals surface area (Å²) in [5.74, 6) is -0.529. The van der Waals surface area contributed by atoms with E-state index in [-0.39, 0.29) is 18.2 Å². The fourth-order valence-corrected chi connectivity index (χ4v) is 1.86. The highest BCUT2D eigenvalue weighted by Crippen LogP contribution is 2.20. The van der Waals surface area contributed by atoms with E-state index in [4.69, 9.17) is 5.11 Å². The van der Waals surface area contributed by atoms with Gasteiger partial charge in [0.1, 0.15) is 0 Å². The molecular weight excluding hydrogens is 194 g/mol. The first-order valence-electron chi connectivity index (χ1n) is 5.24. The summed E-state index contributed by atoms with van der Waals surface area (Å²) in [4.78, 5) is 23.8. The topological polar surface area (TPSA) is 57.6 Å². The van der Waals surface area contributed by atoms with Gasteiger partial charge in [0.05, 0.1) is 0 Å². The first-order chi connectivity index (χ1) is 7.13. The first-order valence-corrected chi connectivity index (χ1v) is 5.24. The average molecular weight is 211 g/mol. The maximum atomic E-state index is 11.6. The molecule has 4 nitrogen and oxygen atoms in total. The smallest absolute Gasteiger partial charge is 0.303 e. The van der Waals surface area contributed by atoms with Gasteiger partial charge in [-0.2, -0.15) is 0 Å². The highest BCUT2D eigenvalue weighted by molar-refractivity contribution is 5.76. The van der Waals surface area contributed by atoms with Crippen molar-refractivity contribution in [3.63, 3.8) is 0 Å². The Morgan fingerprint density at radius 3 is 2.87 bits per heavy atom. The molecule has 0 saturated carbocycles. The number of carboxylic acid groups (broad SMARTS) is 1. The summed E-state index contributed by atoms with van der Waals surface area (Å²) in [6, 6.07) is 0. The monoisotopic (exact) mass is 211 g/mol. The van der Waals surface area contributed by atoms with Gasteiger partial charge in [-0.3, -0.25) is 9.59 Å². The summed E-state index contributed by atoms with van der Waals surface area (Å²) in [6.45, 7) is 4.87. The molecule has 84 valence electrons. The van der Waals surface area contributed by atoms with Crippen LogP contribution >= 0.6 is 0 Å². The molecule has 1 unspecified atom stereocenters. The molecule has 0 aromatic rings. The molecule has 1 heterocycles. The van der Waals surface area contributed by atoms with Gasteiger partial charge in [-0.1, -0.05) is 6.08 Å². The van der Waals surface area contributed by atoms with Gasteiger partial charge in [-0.05, 0) is 18.8 Å². The van der Waals surface area contributed by atoms with Crippen molar-refractivity contribution >= 4 is 11.9 Å². The summed E-state index contributed by atoms with van der Waals surface area (Å²) >= 11 is 0. The number of carbonyl (C=O) groups is 2. The van der Waals surface area contributed by atoms with Gasteiger partial charge in [0.25, 0.3) is 0 Å². The van der Waals surface area contributed by atoms with E-state index in [0.29, 0.717) is 25.9 Å². The zero-order valence-electron chi connectivity index (χ0n) is 8.82. The van der Waals surface area contributed by atoms with Crippen LogP contribution in [0.2, 0.25) is 0 Å². The van der Waals surface area contributed by atoms with Gasteiger partial charge in [-0.15, -0.1) is 6.58 Å². The molecule has 1 aliphatic heterocycles. The fourth-order valence-electron chi connectivity index (χ4n) is 1.86. The standard InChI is InChI=1S/C11H17NO3/c1-2-3-4-10(13)12-6-5-9(8-12)7-11(14)15/h2,9H,1,3-8H2,(H,14,15). The molecule has 1 fully saturated rings. The van der Waals surface area contributed by atoms with Crippen molar-refractivity contribution in [3.8, 4) is 0 Å². The summed E-state index contributed by atoms with van der Waals surface area (Å²) < 4.78 is 0. The molecule has 0 radical (unpaired) electrons. The van der Waals surface area contributed by atoms with Crippen LogP contribution in [0.1, 0.15) is 25.7 Å². The predicted molar refractivity (Wildman–Crippen MR) is 56.4 cm³/mol. The maximum Gasteiger partial charge on any atom is 0.303 e. The summed E-state index contributed by atoms with van der Waals surface area (Å²) in [7, 11) is 0. The van der Waals surface area contributed by atoms with E-state index in [9.17, 15) is 9.59 Å². The Kier molecular flexibility index (Phi) is 4.34. The summed E-state index contributed by atoms with van der Waals surface area (Å²) in [5, 5.41) is 8.62. The first kappa shape index (κ1) is 11.8. The minimum atomic E-state index is -0.777. The molecule has 0 spiro atoms. The molecule has 1 saturated heterocycles. The zero-order chi connectivity index (χ0) is 11.3. The number of carboxylic acids is 1. The van der Waals surface area contributed by atoms with E-state index < -0.39 is 5.97 Å². The molecule has 1 rings (SSSR count). The van der Waals surface area contributed by atoms with Crippen LogP contribution in [-0.4, -0.2) is 35.0 Å². The van der Waals surface area contributed by atoms with Crippen molar-refractivity contribution < 1.29 is 14.7 Å². The van der Waals surface area contributed by atoms with E-state index in [0.717, 1.165) is 6.42 Å². The van der Waals surface area contributed by atoms with Crippen LogP contribution in [0.15, 0.2) is 12.7 Å². The number of amides is 1. The Labute approximate surface area is 89.6 Å². The SMILES string of the molecule is C=CCCC(=O)N1CCC(CC(=O)O)C1. The molecule has 1 amide bonds. The largest absolute Gasteiger partial charge is 0.481 e. The van der Waals surface area contributed by atoms with Crippen molar-refractivity contribution in [2.24, 2.45) is 5.92 Å². The quantitative estimate of drug-likeness (QED) is 0.697. The van der Waals surface area contributed by atoms with Crippen LogP contribution in [0.5, 0.6) is 0 Å². The third kappa shape index (κ3) is 3.73. The van der Waals surface area contributed by atoms with Crippen molar-refractivity contribution in [1.82, 2.24) is 4.90 Å². The molecule has 1 aliphatic rings. The zero-order valence-corrected chi connectivity index (χ0v) is 8.82. The third-order valence-corrected chi connectivity index (χ3v) is 2.66. The van der Waals surface area contributed by atoms with Crippen LogP contribution in [0.3, 0.4) is 0 Å². The van der Waals surface area contributed by atoms with Gasteiger partial charge in [0.15, 0.2) is 0 Å². The van der Waals surface area contributed by atoms with Gasteiger partial charge in [-0.25, -0.2) is 0 Å². The Hall–Kier alpha value is -1.32. The van der Waals surface area contributed by atoms with Gasteiger partial charge >= 0.3 is 5.97 Å². The van der Waals surface area contributed by atoms with Crippen LogP contribution in [-0.2, 0) is 9.59 Å². The molecule has 15 heavy (non-hydrogen) atoms. The van der Waals surface area contributed by atoms with Crippen molar-refractivity contribution in [3.05, 3.63) is 12.7 Å². The van der Waals surface area contributed by atoms with Crippen molar-refractivity contribution in [2.45, 2.75) is 25.7 Å². The molecule has 0 bridgehead atoms. The highest BCUT2D eigenvalue weighted by atomic mass is 16.4. The third-order valence-electron chi connectivity index (χ3n) is 2.66. The maximum absolute atomic E-state index is 11.6. The fraction of sp³-hybridized carbons (Fsp3) is 0.636. The van der Waals surface area contributed by atoms with Gasteiger partial charge in [0.2, 0.25) is 5.91 Å². The molecule has 0 aromatic heterocycles. The van der Waals surface area contributed by atoms with Gasteiger partial charge < -0.3 is 10.0 Å². The lowest BCUT2D eigenvalue weighted by molar-refractivity contribution is -0.138. The summed E-state index contributed by atoms with van der Waals surface area (Å²) in [5.41, 5.74) is 0. The van der Waals surface area contributed by atoms with Crippen molar-refractivity contribution in [2.75, 3.05) is 13.1 Å². The molecule has 0 aliphatic carbocycles. The van der Waals surface area contributed by atoms with Crippen molar-refractivity contribution in [1.29, 1.82) is 0 Å². The number of allylic oxidation sites excluding steroid dienone is 1. The molecule has 0 aromatic carbocycles. The molecule has 1 atom stereocenters. The molecule has 4 heteroatoms. The van der Waals surface area contributed by atoms with E-state index in [1.54, 1.807) is 11.0 Å². The van der Waals surface area contributed by atoms with E-state index in [2.05, 4.69) is 6.58 Å². The molecular formula is C11H17NO3. The van der Waals surface area contributed by atoms with E-state index in [1.165, 1.54) is 0 Å². The second kappa shape index (κ2) is 5.53. The van der Waals surface area contributed by atoms with Gasteiger partial charge in [0, 0.05) is 25.9 Å². The molecule has 1 N–H and O–H groups in total. The van der Waals surface area contributed by atoms with E-state index >= 15 is 0 Å². The number of likely N-dealkylation sites (tertiary alicyclic amines) is 1. The highest BCUT2D eigenvalue weighted by Gasteiger charge is 2.26.